The number of imidazole rings is 1. The Bertz CT molecular complexity index is 1210. The fourth-order valence-corrected chi connectivity index (χ4v) is 3.96. The van der Waals surface area contributed by atoms with Crippen LogP contribution in [0.15, 0.2) is 36.8 Å². The highest BCUT2D eigenvalue weighted by Crippen LogP contribution is 2.28. The number of H-pyrrole nitrogens is 1. The van der Waals surface area contributed by atoms with E-state index in [2.05, 4.69) is 25.0 Å². The second-order valence-electron chi connectivity index (χ2n) is 7.43. The molecular formula is C20H19FN6O2. The summed E-state index contributed by atoms with van der Waals surface area (Å²) in [6.07, 6.45) is 6.78. The van der Waals surface area contributed by atoms with E-state index in [1.54, 1.807) is 12.3 Å². The van der Waals surface area contributed by atoms with Crippen LogP contribution >= 0.6 is 0 Å². The number of aromatic amines is 1. The molecule has 0 spiro atoms. The predicted molar refractivity (Wildman–Crippen MR) is 103 cm³/mol. The number of benzene rings is 1. The Morgan fingerprint density at radius 2 is 2.10 bits per heavy atom. The van der Waals surface area contributed by atoms with Crippen molar-refractivity contribution < 1.29 is 14.3 Å². The van der Waals surface area contributed by atoms with Crippen LogP contribution in [0.3, 0.4) is 0 Å². The molecule has 1 aromatic carbocycles. The minimum atomic E-state index is -1.03. The summed E-state index contributed by atoms with van der Waals surface area (Å²) in [5.41, 5.74) is 2.96. The number of likely N-dealkylation sites (tertiary alicyclic amines) is 1. The van der Waals surface area contributed by atoms with E-state index >= 15 is 0 Å². The number of hydrogen-bond donors (Lipinski definition) is 2. The summed E-state index contributed by atoms with van der Waals surface area (Å²) in [6.45, 7) is 2.55. The largest absolute Gasteiger partial charge is 0.477 e. The van der Waals surface area contributed by atoms with Gasteiger partial charge in [0.05, 0.1) is 17.2 Å². The van der Waals surface area contributed by atoms with Crippen molar-refractivity contribution in [3.05, 3.63) is 59.6 Å². The van der Waals surface area contributed by atoms with Gasteiger partial charge in [0.1, 0.15) is 17.2 Å². The monoisotopic (exact) mass is 394 g/mol. The molecule has 0 atom stereocenters. The van der Waals surface area contributed by atoms with Crippen LogP contribution in [0.5, 0.6) is 0 Å². The van der Waals surface area contributed by atoms with E-state index < -0.39 is 5.97 Å². The molecule has 8 nitrogen and oxygen atoms in total. The zero-order valence-electron chi connectivity index (χ0n) is 15.5. The highest BCUT2D eigenvalue weighted by atomic mass is 19.1. The van der Waals surface area contributed by atoms with Gasteiger partial charge < -0.3 is 10.1 Å². The van der Waals surface area contributed by atoms with Crippen molar-refractivity contribution in [1.29, 1.82) is 0 Å². The highest BCUT2D eigenvalue weighted by molar-refractivity contribution is 5.94. The van der Waals surface area contributed by atoms with Gasteiger partial charge in [-0.25, -0.2) is 23.7 Å². The first kappa shape index (κ1) is 17.7. The average Bonchev–Trinajstić information content (AvgIpc) is 3.32. The normalized spacial score (nSPS) is 16.0. The van der Waals surface area contributed by atoms with Crippen LogP contribution in [-0.2, 0) is 6.54 Å². The van der Waals surface area contributed by atoms with Crippen molar-refractivity contribution in [2.24, 2.45) is 0 Å². The summed E-state index contributed by atoms with van der Waals surface area (Å²) in [4.78, 5) is 25.7. The lowest BCUT2D eigenvalue weighted by molar-refractivity contribution is 0.0698. The number of halogens is 1. The SMILES string of the molecule is O=C(O)c1cnn2cc(CN3CCC(c4nc5ccc(F)cc5[nH]4)CC3)cnc12. The number of hydrogen-bond acceptors (Lipinski definition) is 5. The molecule has 148 valence electrons. The van der Waals surface area contributed by atoms with Crippen LogP contribution in [0.2, 0.25) is 0 Å². The molecule has 29 heavy (non-hydrogen) atoms. The molecule has 0 saturated carbocycles. The minimum Gasteiger partial charge on any atom is -0.477 e. The number of carboxylic acid groups (broad SMARTS) is 1. The van der Waals surface area contributed by atoms with E-state index in [9.17, 15) is 9.18 Å². The molecule has 9 heteroatoms. The quantitative estimate of drug-likeness (QED) is 0.552. The second-order valence-corrected chi connectivity index (χ2v) is 7.43. The Morgan fingerprint density at radius 1 is 1.28 bits per heavy atom. The van der Waals surface area contributed by atoms with Gasteiger partial charge in [-0.2, -0.15) is 5.10 Å². The first-order valence-electron chi connectivity index (χ1n) is 9.50. The Kier molecular flexibility index (Phi) is 4.24. The highest BCUT2D eigenvalue weighted by Gasteiger charge is 2.23. The Hall–Kier alpha value is -3.33. The van der Waals surface area contributed by atoms with Crippen molar-refractivity contribution in [3.63, 3.8) is 0 Å². The van der Waals surface area contributed by atoms with Gasteiger partial charge >= 0.3 is 5.97 Å². The first-order valence-corrected chi connectivity index (χ1v) is 9.50. The molecule has 0 bridgehead atoms. The van der Waals surface area contributed by atoms with E-state index in [-0.39, 0.29) is 11.4 Å². The zero-order valence-corrected chi connectivity index (χ0v) is 15.5. The Labute approximate surface area is 165 Å². The molecule has 1 saturated heterocycles. The maximum Gasteiger partial charge on any atom is 0.341 e. The standard InChI is InChI=1S/C20H19FN6O2/c21-14-1-2-16-17(7-14)25-18(24-16)13-3-5-26(6-4-13)10-12-8-22-19-15(20(28)29)9-23-27(19)11-12/h1-2,7-9,11,13H,3-6,10H2,(H,24,25)(H,28,29). The van der Waals surface area contributed by atoms with Gasteiger partial charge in [0, 0.05) is 30.4 Å². The summed E-state index contributed by atoms with van der Waals surface area (Å²) < 4.78 is 14.9. The molecule has 0 aliphatic carbocycles. The lowest BCUT2D eigenvalue weighted by Crippen LogP contribution is -2.32. The number of carbonyl (C=O) groups is 1. The average molecular weight is 394 g/mol. The minimum absolute atomic E-state index is 0.100. The van der Waals surface area contributed by atoms with Gasteiger partial charge in [0.2, 0.25) is 0 Å². The van der Waals surface area contributed by atoms with Crippen molar-refractivity contribution >= 4 is 22.6 Å². The number of aromatic carboxylic acids is 1. The maximum absolute atomic E-state index is 13.4. The number of nitrogens with zero attached hydrogens (tertiary/aromatic N) is 5. The molecule has 5 rings (SSSR count). The van der Waals surface area contributed by atoms with Gasteiger partial charge in [-0.05, 0) is 44.1 Å². The van der Waals surface area contributed by atoms with Crippen LogP contribution in [0.1, 0.15) is 40.5 Å². The zero-order chi connectivity index (χ0) is 20.0. The third-order valence-electron chi connectivity index (χ3n) is 5.48. The van der Waals surface area contributed by atoms with Crippen molar-refractivity contribution in [3.8, 4) is 0 Å². The molecule has 4 heterocycles. The van der Waals surface area contributed by atoms with Crippen LogP contribution in [0.25, 0.3) is 16.7 Å². The van der Waals surface area contributed by atoms with Crippen molar-refractivity contribution in [2.75, 3.05) is 13.1 Å². The summed E-state index contributed by atoms with van der Waals surface area (Å²) in [6, 6.07) is 4.61. The van der Waals surface area contributed by atoms with Gasteiger partial charge in [0.25, 0.3) is 0 Å². The molecule has 0 radical (unpaired) electrons. The number of piperidine rings is 1. The fraction of sp³-hybridized carbons (Fsp3) is 0.300. The molecule has 0 amide bonds. The molecule has 3 aromatic heterocycles. The lowest BCUT2D eigenvalue weighted by Gasteiger charge is -2.30. The van der Waals surface area contributed by atoms with E-state index in [0.29, 0.717) is 11.6 Å². The third kappa shape index (κ3) is 3.33. The van der Waals surface area contributed by atoms with Gasteiger partial charge in [-0.3, -0.25) is 4.90 Å². The summed E-state index contributed by atoms with van der Waals surface area (Å²) in [5.74, 6) is -0.0472. The van der Waals surface area contributed by atoms with Crippen LogP contribution in [-0.4, -0.2) is 53.6 Å². The number of nitrogens with one attached hydrogen (secondary N) is 1. The number of fused-ring (bicyclic) bond motifs is 2. The van der Waals surface area contributed by atoms with E-state index in [1.807, 2.05) is 6.20 Å². The number of rotatable bonds is 4. The third-order valence-corrected chi connectivity index (χ3v) is 5.48. The van der Waals surface area contributed by atoms with Crippen molar-refractivity contribution in [2.45, 2.75) is 25.3 Å². The molecule has 4 aromatic rings. The van der Waals surface area contributed by atoms with Gasteiger partial charge in [0.15, 0.2) is 5.65 Å². The van der Waals surface area contributed by atoms with E-state index in [0.717, 1.165) is 54.9 Å². The molecule has 1 aliphatic heterocycles. The van der Waals surface area contributed by atoms with Gasteiger partial charge in [-0.15, -0.1) is 0 Å². The molecule has 1 fully saturated rings. The van der Waals surface area contributed by atoms with Gasteiger partial charge in [-0.1, -0.05) is 0 Å². The second kappa shape index (κ2) is 6.93. The Balaban J connectivity index is 1.25. The maximum atomic E-state index is 13.4. The van der Waals surface area contributed by atoms with E-state index in [4.69, 9.17) is 5.11 Å². The summed E-state index contributed by atoms with van der Waals surface area (Å²) >= 11 is 0. The predicted octanol–water partition coefficient (Wildman–Crippen LogP) is 2.82. The summed E-state index contributed by atoms with van der Waals surface area (Å²) in [7, 11) is 0. The fourth-order valence-electron chi connectivity index (χ4n) is 3.96. The smallest absolute Gasteiger partial charge is 0.341 e. The number of carboxylic acids is 1. The molecule has 1 aliphatic rings. The van der Waals surface area contributed by atoms with E-state index in [1.165, 1.54) is 22.8 Å². The van der Waals surface area contributed by atoms with Crippen LogP contribution < -0.4 is 0 Å². The topological polar surface area (TPSA) is 99.4 Å². The van der Waals surface area contributed by atoms with Crippen molar-refractivity contribution in [1.82, 2.24) is 29.5 Å². The molecule has 2 N–H and O–H groups in total. The molecule has 0 unspecified atom stereocenters. The Morgan fingerprint density at radius 3 is 2.90 bits per heavy atom. The lowest BCUT2D eigenvalue weighted by atomic mass is 9.96. The molecular weight excluding hydrogens is 375 g/mol. The summed E-state index contributed by atoms with van der Waals surface area (Å²) in [5, 5.41) is 13.2. The van der Waals surface area contributed by atoms with Crippen LogP contribution in [0, 0.1) is 5.82 Å². The first-order chi connectivity index (χ1) is 14.1. The van der Waals surface area contributed by atoms with Crippen LogP contribution in [0.4, 0.5) is 4.39 Å². The number of aromatic nitrogens is 5.